The third-order valence-corrected chi connectivity index (χ3v) is 5.92. The Bertz CT molecular complexity index is 1530. The lowest BCUT2D eigenvalue weighted by atomic mass is 10.0. The minimum absolute atomic E-state index is 0.720. The minimum Gasteiger partial charge on any atom is -0.292 e. The van der Waals surface area contributed by atoms with Crippen LogP contribution in [0.15, 0.2) is 103 Å². The van der Waals surface area contributed by atoms with E-state index < -0.39 is 0 Å². The van der Waals surface area contributed by atoms with Crippen LogP contribution in [0.3, 0.4) is 0 Å². The molecule has 1 heterocycles. The van der Waals surface area contributed by atoms with Gasteiger partial charge in [-0.05, 0) is 58.6 Å². The fraction of sp³-hybridized carbons (Fsp3) is 0. The SMILES string of the molecule is Clc1ccc(-c2nc3c4ccc5ccccc5c4ccc3n2-c2ccccc2)cc1. The van der Waals surface area contributed by atoms with E-state index in [0.29, 0.717) is 0 Å². The zero-order valence-corrected chi connectivity index (χ0v) is 16.8. The van der Waals surface area contributed by atoms with Crippen LogP contribution in [0.2, 0.25) is 5.02 Å². The first-order valence-corrected chi connectivity index (χ1v) is 10.3. The molecule has 0 fully saturated rings. The second kappa shape index (κ2) is 6.72. The van der Waals surface area contributed by atoms with Crippen molar-refractivity contribution in [2.24, 2.45) is 0 Å². The van der Waals surface area contributed by atoms with Gasteiger partial charge in [0.25, 0.3) is 0 Å². The highest BCUT2D eigenvalue weighted by Gasteiger charge is 2.17. The zero-order valence-electron chi connectivity index (χ0n) is 16.1. The summed E-state index contributed by atoms with van der Waals surface area (Å²) in [4.78, 5) is 5.14. The van der Waals surface area contributed by atoms with E-state index in [1.54, 1.807) is 0 Å². The van der Waals surface area contributed by atoms with E-state index in [0.717, 1.165) is 38.5 Å². The normalized spacial score (nSPS) is 11.5. The molecule has 0 unspecified atom stereocenters. The Kier molecular flexibility index (Phi) is 3.87. The van der Waals surface area contributed by atoms with Gasteiger partial charge < -0.3 is 0 Å². The summed E-state index contributed by atoms with van der Waals surface area (Å²) in [6, 6.07) is 35.5. The lowest BCUT2D eigenvalue weighted by molar-refractivity contribution is 1.10. The fourth-order valence-corrected chi connectivity index (χ4v) is 4.39. The highest BCUT2D eigenvalue weighted by molar-refractivity contribution is 6.30. The molecule has 6 rings (SSSR count). The predicted octanol–water partition coefficient (Wildman–Crippen LogP) is 7.65. The zero-order chi connectivity index (χ0) is 20.1. The molecule has 1 aromatic heterocycles. The summed E-state index contributed by atoms with van der Waals surface area (Å²) in [6.45, 7) is 0. The molecular formula is C27H17ClN2. The molecule has 0 aliphatic rings. The molecule has 3 heteroatoms. The summed E-state index contributed by atoms with van der Waals surface area (Å²) in [5.74, 6) is 0.911. The fourth-order valence-electron chi connectivity index (χ4n) is 4.26. The summed E-state index contributed by atoms with van der Waals surface area (Å²) in [5, 5.41) is 5.60. The van der Waals surface area contributed by atoms with Crippen molar-refractivity contribution < 1.29 is 0 Å². The van der Waals surface area contributed by atoms with Crippen LogP contribution in [0.25, 0.3) is 49.7 Å². The Morgan fingerprint density at radius 2 is 1.33 bits per heavy atom. The monoisotopic (exact) mass is 404 g/mol. The third-order valence-electron chi connectivity index (χ3n) is 5.66. The van der Waals surface area contributed by atoms with E-state index in [4.69, 9.17) is 16.6 Å². The van der Waals surface area contributed by atoms with E-state index >= 15 is 0 Å². The summed E-state index contributed by atoms with van der Waals surface area (Å²) < 4.78 is 2.23. The van der Waals surface area contributed by atoms with E-state index in [1.165, 1.54) is 16.2 Å². The summed E-state index contributed by atoms with van der Waals surface area (Å²) in [5.41, 5.74) is 4.22. The first kappa shape index (κ1) is 17.3. The number of halogens is 1. The molecule has 0 N–H and O–H groups in total. The smallest absolute Gasteiger partial charge is 0.145 e. The van der Waals surface area contributed by atoms with Gasteiger partial charge in [-0.1, -0.05) is 72.3 Å². The minimum atomic E-state index is 0.720. The Morgan fingerprint density at radius 1 is 0.600 bits per heavy atom. The molecule has 0 bridgehead atoms. The van der Waals surface area contributed by atoms with Gasteiger partial charge in [0.2, 0.25) is 0 Å². The van der Waals surface area contributed by atoms with Gasteiger partial charge in [-0.15, -0.1) is 0 Å². The highest BCUT2D eigenvalue weighted by Crippen LogP contribution is 2.35. The Balaban J connectivity index is 1.74. The summed E-state index contributed by atoms with van der Waals surface area (Å²) in [6.07, 6.45) is 0. The quantitative estimate of drug-likeness (QED) is 0.271. The van der Waals surface area contributed by atoms with Crippen molar-refractivity contribution in [2.75, 3.05) is 0 Å². The molecule has 0 aliphatic heterocycles. The number of imidazole rings is 1. The topological polar surface area (TPSA) is 17.8 Å². The van der Waals surface area contributed by atoms with Gasteiger partial charge in [-0.3, -0.25) is 4.57 Å². The van der Waals surface area contributed by atoms with E-state index in [2.05, 4.69) is 77.4 Å². The van der Waals surface area contributed by atoms with Crippen LogP contribution in [-0.2, 0) is 0 Å². The van der Waals surface area contributed by atoms with Gasteiger partial charge in [0.1, 0.15) is 5.82 Å². The molecule has 0 amide bonds. The molecule has 0 saturated carbocycles. The molecule has 30 heavy (non-hydrogen) atoms. The van der Waals surface area contributed by atoms with Crippen molar-refractivity contribution in [3.8, 4) is 17.1 Å². The Morgan fingerprint density at radius 3 is 2.17 bits per heavy atom. The second-order valence-electron chi connectivity index (χ2n) is 7.43. The number of benzene rings is 5. The lowest BCUT2D eigenvalue weighted by Gasteiger charge is -2.10. The number of aromatic nitrogens is 2. The van der Waals surface area contributed by atoms with Crippen LogP contribution in [0.1, 0.15) is 0 Å². The predicted molar refractivity (Wildman–Crippen MR) is 127 cm³/mol. The van der Waals surface area contributed by atoms with Crippen molar-refractivity contribution in [3.05, 3.63) is 108 Å². The Labute approximate surface area is 179 Å². The molecule has 5 aromatic carbocycles. The molecule has 0 spiro atoms. The standard InChI is InChI=1S/C27H17ClN2/c28-20-13-10-19(11-14-20)27-29-26-24-15-12-18-6-4-5-9-22(18)23(24)16-17-25(26)30(27)21-7-2-1-3-8-21/h1-17H. The number of hydrogen-bond acceptors (Lipinski definition) is 1. The number of rotatable bonds is 2. The summed E-state index contributed by atoms with van der Waals surface area (Å²) in [7, 11) is 0. The molecule has 0 saturated heterocycles. The third kappa shape index (κ3) is 2.62. The van der Waals surface area contributed by atoms with Crippen LogP contribution in [0, 0.1) is 0 Å². The molecular weight excluding hydrogens is 388 g/mol. The van der Waals surface area contributed by atoms with Crippen LogP contribution in [0.5, 0.6) is 0 Å². The van der Waals surface area contributed by atoms with Gasteiger partial charge in [0.05, 0.1) is 11.0 Å². The van der Waals surface area contributed by atoms with Crippen molar-refractivity contribution in [2.45, 2.75) is 0 Å². The van der Waals surface area contributed by atoms with E-state index in [1.807, 2.05) is 30.3 Å². The van der Waals surface area contributed by atoms with Gasteiger partial charge in [0.15, 0.2) is 0 Å². The second-order valence-corrected chi connectivity index (χ2v) is 7.86. The lowest BCUT2D eigenvalue weighted by Crippen LogP contribution is -1.97. The number of fused-ring (bicyclic) bond motifs is 5. The molecule has 0 radical (unpaired) electrons. The van der Waals surface area contributed by atoms with Crippen molar-refractivity contribution in [1.82, 2.24) is 9.55 Å². The summed E-state index contributed by atoms with van der Waals surface area (Å²) >= 11 is 6.14. The molecule has 0 atom stereocenters. The molecule has 6 aromatic rings. The largest absolute Gasteiger partial charge is 0.292 e. The van der Waals surface area contributed by atoms with Gasteiger partial charge in [-0.25, -0.2) is 4.98 Å². The van der Waals surface area contributed by atoms with Crippen molar-refractivity contribution >= 4 is 44.2 Å². The van der Waals surface area contributed by atoms with Gasteiger partial charge >= 0.3 is 0 Å². The van der Waals surface area contributed by atoms with Crippen LogP contribution >= 0.6 is 11.6 Å². The molecule has 2 nitrogen and oxygen atoms in total. The maximum atomic E-state index is 6.14. The molecule has 142 valence electrons. The van der Waals surface area contributed by atoms with Crippen LogP contribution in [-0.4, -0.2) is 9.55 Å². The van der Waals surface area contributed by atoms with Gasteiger partial charge in [0, 0.05) is 21.7 Å². The average molecular weight is 405 g/mol. The number of nitrogens with zero attached hydrogens (tertiary/aromatic N) is 2. The highest BCUT2D eigenvalue weighted by atomic mass is 35.5. The Hall–Kier alpha value is -3.62. The van der Waals surface area contributed by atoms with Crippen LogP contribution in [0.4, 0.5) is 0 Å². The van der Waals surface area contributed by atoms with Crippen molar-refractivity contribution in [3.63, 3.8) is 0 Å². The first-order valence-electron chi connectivity index (χ1n) is 9.94. The average Bonchev–Trinajstić information content (AvgIpc) is 3.20. The molecule has 0 aliphatic carbocycles. The maximum absolute atomic E-state index is 6.14. The number of para-hydroxylation sites is 1. The first-order chi connectivity index (χ1) is 14.8. The number of hydrogen-bond donors (Lipinski definition) is 0. The van der Waals surface area contributed by atoms with E-state index in [-0.39, 0.29) is 0 Å². The van der Waals surface area contributed by atoms with E-state index in [9.17, 15) is 0 Å². The van der Waals surface area contributed by atoms with Crippen LogP contribution < -0.4 is 0 Å². The van der Waals surface area contributed by atoms with Gasteiger partial charge in [-0.2, -0.15) is 0 Å². The van der Waals surface area contributed by atoms with Crippen molar-refractivity contribution in [1.29, 1.82) is 0 Å². The maximum Gasteiger partial charge on any atom is 0.145 e.